The minimum atomic E-state index is -1.10. The summed E-state index contributed by atoms with van der Waals surface area (Å²) in [4.78, 5) is 24.6. The Morgan fingerprint density at radius 1 is 0.600 bits per heavy atom. The number of ether oxygens (including phenoxy) is 2. The molecular formula is C28H19F3O4. The summed E-state index contributed by atoms with van der Waals surface area (Å²) in [6.45, 7) is 1.62. The third kappa shape index (κ3) is 5.95. The summed E-state index contributed by atoms with van der Waals surface area (Å²) >= 11 is 0. The van der Waals surface area contributed by atoms with Crippen LogP contribution in [0.25, 0.3) is 0 Å². The lowest BCUT2D eigenvalue weighted by Crippen LogP contribution is -2.09. The summed E-state index contributed by atoms with van der Waals surface area (Å²) < 4.78 is 50.2. The Morgan fingerprint density at radius 2 is 1.06 bits per heavy atom. The molecule has 4 nitrogen and oxygen atoms in total. The first-order valence-electron chi connectivity index (χ1n) is 10.6. The molecule has 176 valence electrons. The molecular weight excluding hydrogens is 457 g/mol. The van der Waals surface area contributed by atoms with Crippen molar-refractivity contribution in [2.45, 2.75) is 13.3 Å². The summed E-state index contributed by atoms with van der Waals surface area (Å²) in [5.74, 6) is -3.83. The summed E-state index contributed by atoms with van der Waals surface area (Å²) in [7, 11) is 0. The minimum absolute atomic E-state index is 0.0934. The number of halogens is 3. The van der Waals surface area contributed by atoms with E-state index in [-0.39, 0.29) is 17.1 Å². The van der Waals surface area contributed by atoms with Gasteiger partial charge in [0, 0.05) is 12.1 Å². The molecule has 0 heterocycles. The molecule has 0 aliphatic heterocycles. The number of hydrogen-bond acceptors (Lipinski definition) is 4. The first-order chi connectivity index (χ1) is 16.8. The quantitative estimate of drug-likeness (QED) is 0.237. The zero-order valence-corrected chi connectivity index (χ0v) is 18.6. The molecule has 0 aromatic heterocycles. The van der Waals surface area contributed by atoms with Crippen LogP contribution < -0.4 is 9.47 Å². The van der Waals surface area contributed by atoms with Gasteiger partial charge < -0.3 is 9.47 Å². The van der Waals surface area contributed by atoms with E-state index >= 15 is 0 Å². The zero-order valence-electron chi connectivity index (χ0n) is 18.6. The summed E-state index contributed by atoms with van der Waals surface area (Å²) in [5.41, 5.74) is 2.86. The van der Waals surface area contributed by atoms with Crippen molar-refractivity contribution in [2.75, 3.05) is 0 Å². The highest BCUT2D eigenvalue weighted by Crippen LogP contribution is 2.20. The average molecular weight is 476 g/mol. The normalized spacial score (nSPS) is 10.6. The van der Waals surface area contributed by atoms with Crippen molar-refractivity contribution in [3.63, 3.8) is 0 Å². The second-order valence-corrected chi connectivity index (χ2v) is 7.84. The van der Waals surface area contributed by atoms with E-state index in [1.807, 2.05) is 0 Å². The molecule has 0 unspecified atom stereocenters. The summed E-state index contributed by atoms with van der Waals surface area (Å²) in [6, 6.07) is 20.5. The number of carbonyl (C=O) groups is 2. The Morgan fingerprint density at radius 3 is 1.51 bits per heavy atom. The summed E-state index contributed by atoms with van der Waals surface area (Å²) in [6.07, 6.45) is 0.539. The molecule has 4 aromatic rings. The predicted octanol–water partition coefficient (Wildman–Crippen LogP) is 6.44. The number of hydrogen-bond donors (Lipinski definition) is 0. The lowest BCUT2D eigenvalue weighted by Gasteiger charge is -2.08. The topological polar surface area (TPSA) is 52.6 Å². The van der Waals surface area contributed by atoms with E-state index in [0.717, 1.165) is 23.3 Å². The maximum absolute atomic E-state index is 13.6. The zero-order chi connectivity index (χ0) is 24.9. The van der Waals surface area contributed by atoms with Crippen molar-refractivity contribution in [3.05, 3.63) is 130 Å². The second-order valence-electron chi connectivity index (χ2n) is 7.84. The first-order valence-corrected chi connectivity index (χ1v) is 10.6. The van der Waals surface area contributed by atoms with Crippen LogP contribution >= 0.6 is 0 Å². The fraction of sp³-hybridized carbons (Fsp3) is 0.0714. The lowest BCUT2D eigenvalue weighted by molar-refractivity contribution is 0.0724. The van der Waals surface area contributed by atoms with Crippen LogP contribution in [0.3, 0.4) is 0 Å². The van der Waals surface area contributed by atoms with Crippen molar-refractivity contribution in [3.8, 4) is 11.5 Å². The molecule has 4 aromatic carbocycles. The molecule has 7 heteroatoms. The number of benzene rings is 4. The SMILES string of the molecule is Cc1ccc(OC(=O)c2ccc(Cc3ccc(C(=O)Oc4ccc(F)c(F)c4)cc3)cc2)cc1F. The maximum atomic E-state index is 13.6. The van der Waals surface area contributed by atoms with Gasteiger partial charge in [-0.3, -0.25) is 0 Å². The van der Waals surface area contributed by atoms with E-state index in [1.165, 1.54) is 24.3 Å². The fourth-order valence-electron chi connectivity index (χ4n) is 3.26. The third-order valence-electron chi connectivity index (χ3n) is 5.24. The van der Waals surface area contributed by atoms with Gasteiger partial charge in [-0.15, -0.1) is 0 Å². The molecule has 0 atom stereocenters. The maximum Gasteiger partial charge on any atom is 0.343 e. The molecule has 0 fully saturated rings. The number of rotatable bonds is 6. The minimum Gasteiger partial charge on any atom is -0.423 e. The molecule has 0 bridgehead atoms. The molecule has 0 aliphatic carbocycles. The van der Waals surface area contributed by atoms with Crippen LogP contribution in [-0.4, -0.2) is 11.9 Å². The molecule has 4 rings (SSSR count). The van der Waals surface area contributed by atoms with Crippen LogP contribution in [0.5, 0.6) is 11.5 Å². The van der Waals surface area contributed by atoms with E-state index < -0.39 is 29.4 Å². The molecule has 0 aliphatic rings. The van der Waals surface area contributed by atoms with Crippen LogP contribution in [-0.2, 0) is 6.42 Å². The van der Waals surface area contributed by atoms with Crippen molar-refractivity contribution in [1.82, 2.24) is 0 Å². The Hall–Kier alpha value is -4.39. The predicted molar refractivity (Wildman–Crippen MR) is 123 cm³/mol. The van der Waals surface area contributed by atoms with Gasteiger partial charge in [-0.1, -0.05) is 30.3 Å². The molecule has 0 radical (unpaired) electrons. The average Bonchev–Trinajstić information content (AvgIpc) is 2.84. The Bertz CT molecular complexity index is 1270. The molecule has 0 spiro atoms. The van der Waals surface area contributed by atoms with Crippen molar-refractivity contribution < 1.29 is 32.2 Å². The van der Waals surface area contributed by atoms with Crippen LogP contribution in [0.1, 0.15) is 37.4 Å². The second kappa shape index (κ2) is 10.3. The fourth-order valence-corrected chi connectivity index (χ4v) is 3.26. The monoisotopic (exact) mass is 476 g/mol. The highest BCUT2D eigenvalue weighted by molar-refractivity contribution is 5.91. The standard InChI is InChI=1S/C28H19F3O4/c1-17-2-11-22(15-25(17)30)34-27(32)20-7-3-18(4-8-20)14-19-5-9-21(10-6-19)28(33)35-23-12-13-24(29)26(31)16-23/h2-13,15-16H,14H2,1H3. The van der Waals surface area contributed by atoms with Gasteiger partial charge in [0.15, 0.2) is 11.6 Å². The van der Waals surface area contributed by atoms with Crippen LogP contribution in [0.4, 0.5) is 13.2 Å². The van der Waals surface area contributed by atoms with Crippen molar-refractivity contribution in [2.24, 2.45) is 0 Å². The summed E-state index contributed by atoms with van der Waals surface area (Å²) in [5, 5.41) is 0. The van der Waals surface area contributed by atoms with Crippen LogP contribution in [0.15, 0.2) is 84.9 Å². The first kappa shape index (κ1) is 23.8. The lowest BCUT2D eigenvalue weighted by atomic mass is 10.0. The van der Waals surface area contributed by atoms with Gasteiger partial charge >= 0.3 is 11.9 Å². The third-order valence-corrected chi connectivity index (χ3v) is 5.24. The number of esters is 2. The van der Waals surface area contributed by atoms with Crippen molar-refractivity contribution in [1.29, 1.82) is 0 Å². The Kier molecular flexibility index (Phi) is 6.96. The van der Waals surface area contributed by atoms with Crippen molar-refractivity contribution >= 4 is 11.9 Å². The Balaban J connectivity index is 1.36. The van der Waals surface area contributed by atoms with Crippen LogP contribution in [0, 0.1) is 24.4 Å². The molecule has 35 heavy (non-hydrogen) atoms. The largest absolute Gasteiger partial charge is 0.423 e. The molecule has 0 amide bonds. The highest BCUT2D eigenvalue weighted by atomic mass is 19.2. The van der Waals surface area contributed by atoms with Gasteiger partial charge in [0.2, 0.25) is 0 Å². The van der Waals surface area contributed by atoms with Crippen LogP contribution in [0.2, 0.25) is 0 Å². The van der Waals surface area contributed by atoms with E-state index in [1.54, 1.807) is 55.5 Å². The molecule has 0 saturated heterocycles. The van der Waals surface area contributed by atoms with E-state index in [4.69, 9.17) is 9.47 Å². The van der Waals surface area contributed by atoms with Gasteiger partial charge in [0.05, 0.1) is 11.1 Å². The van der Waals surface area contributed by atoms with E-state index in [2.05, 4.69) is 0 Å². The number of carbonyl (C=O) groups excluding carboxylic acids is 2. The van der Waals surface area contributed by atoms with Gasteiger partial charge in [0.1, 0.15) is 17.3 Å². The van der Waals surface area contributed by atoms with Gasteiger partial charge in [-0.05, 0) is 72.5 Å². The van der Waals surface area contributed by atoms with Gasteiger partial charge in [-0.2, -0.15) is 0 Å². The number of aryl methyl sites for hydroxylation is 1. The Labute approximate surface area is 199 Å². The van der Waals surface area contributed by atoms with Gasteiger partial charge in [-0.25, -0.2) is 22.8 Å². The van der Waals surface area contributed by atoms with E-state index in [0.29, 0.717) is 17.5 Å². The van der Waals surface area contributed by atoms with Gasteiger partial charge in [0.25, 0.3) is 0 Å². The molecule has 0 N–H and O–H groups in total. The van der Waals surface area contributed by atoms with E-state index in [9.17, 15) is 22.8 Å². The smallest absolute Gasteiger partial charge is 0.343 e. The molecule has 0 saturated carbocycles. The highest BCUT2D eigenvalue weighted by Gasteiger charge is 2.12.